The molecular formula is C6H15FO2. The summed E-state index contributed by atoms with van der Waals surface area (Å²) in [5.41, 5.74) is 0. The van der Waals surface area contributed by atoms with Crippen LogP contribution in [0, 0.1) is 0 Å². The highest BCUT2D eigenvalue weighted by atomic mass is 19.0. The van der Waals surface area contributed by atoms with Crippen LogP contribution in [0.5, 0.6) is 0 Å². The number of ether oxygens (including phenoxy) is 2. The molecule has 0 bridgehead atoms. The molecule has 0 atom stereocenters. The van der Waals surface area contributed by atoms with Gasteiger partial charge in [-0.15, -0.1) is 0 Å². The van der Waals surface area contributed by atoms with Crippen molar-refractivity contribution in [3.8, 4) is 0 Å². The van der Waals surface area contributed by atoms with Gasteiger partial charge in [0.25, 0.3) is 0 Å². The summed E-state index contributed by atoms with van der Waals surface area (Å²) >= 11 is 0. The summed E-state index contributed by atoms with van der Waals surface area (Å²) in [6, 6.07) is 0. The predicted molar refractivity (Wildman–Crippen MR) is 35.5 cm³/mol. The van der Waals surface area contributed by atoms with Crippen LogP contribution in [-0.2, 0) is 9.47 Å². The van der Waals surface area contributed by atoms with Crippen LogP contribution in [-0.4, -0.2) is 26.4 Å². The van der Waals surface area contributed by atoms with E-state index in [1.807, 2.05) is 13.8 Å². The minimum atomic E-state index is 0. The quantitative estimate of drug-likeness (QED) is 0.532. The van der Waals surface area contributed by atoms with Gasteiger partial charge < -0.3 is 9.47 Å². The SMILES string of the molecule is CCOCCOCC.F. The van der Waals surface area contributed by atoms with Crippen molar-refractivity contribution < 1.29 is 14.2 Å². The number of halogens is 1. The number of hydrogen-bond acceptors (Lipinski definition) is 2. The Balaban J connectivity index is 0. The van der Waals surface area contributed by atoms with E-state index in [1.54, 1.807) is 0 Å². The van der Waals surface area contributed by atoms with Crippen molar-refractivity contribution in [2.75, 3.05) is 26.4 Å². The summed E-state index contributed by atoms with van der Waals surface area (Å²) in [7, 11) is 0. The zero-order valence-electron chi connectivity index (χ0n) is 6.05. The largest absolute Gasteiger partial charge is 0.379 e. The standard InChI is InChI=1S/C6H14O2.FH/c1-3-7-5-6-8-4-2;/h3-6H2,1-2H3;1H. The Morgan fingerprint density at radius 1 is 0.889 bits per heavy atom. The Bertz CT molecular complexity index is 36.0. The van der Waals surface area contributed by atoms with Crippen LogP contribution in [0.25, 0.3) is 0 Å². The van der Waals surface area contributed by atoms with E-state index in [2.05, 4.69) is 0 Å². The first-order valence-electron chi connectivity index (χ1n) is 3.07. The molecule has 0 saturated heterocycles. The molecule has 0 spiro atoms. The minimum absolute atomic E-state index is 0. The molecule has 0 saturated carbocycles. The summed E-state index contributed by atoms with van der Waals surface area (Å²) in [6.07, 6.45) is 0. The molecule has 0 aromatic carbocycles. The van der Waals surface area contributed by atoms with E-state index in [0.717, 1.165) is 26.4 Å². The van der Waals surface area contributed by atoms with E-state index >= 15 is 0 Å². The van der Waals surface area contributed by atoms with Gasteiger partial charge >= 0.3 is 0 Å². The van der Waals surface area contributed by atoms with Crippen LogP contribution in [0.4, 0.5) is 4.70 Å². The molecule has 0 aliphatic carbocycles. The van der Waals surface area contributed by atoms with Gasteiger partial charge in [-0.3, -0.25) is 4.70 Å². The zero-order chi connectivity index (χ0) is 6.24. The van der Waals surface area contributed by atoms with E-state index in [4.69, 9.17) is 9.47 Å². The number of rotatable bonds is 5. The topological polar surface area (TPSA) is 18.5 Å². The molecule has 0 aromatic heterocycles. The third-order valence-corrected chi connectivity index (χ3v) is 0.780. The summed E-state index contributed by atoms with van der Waals surface area (Å²) in [4.78, 5) is 0. The van der Waals surface area contributed by atoms with Crippen molar-refractivity contribution in [3.63, 3.8) is 0 Å². The van der Waals surface area contributed by atoms with Gasteiger partial charge in [0.05, 0.1) is 13.2 Å². The summed E-state index contributed by atoms with van der Waals surface area (Å²) in [5.74, 6) is 0. The van der Waals surface area contributed by atoms with Gasteiger partial charge in [-0.1, -0.05) is 0 Å². The fourth-order valence-electron chi connectivity index (χ4n) is 0.407. The lowest BCUT2D eigenvalue weighted by atomic mass is 10.7. The van der Waals surface area contributed by atoms with Gasteiger partial charge in [0, 0.05) is 13.2 Å². The molecule has 9 heavy (non-hydrogen) atoms. The molecule has 0 fully saturated rings. The third kappa shape index (κ3) is 11.4. The van der Waals surface area contributed by atoms with Crippen molar-refractivity contribution in [2.24, 2.45) is 0 Å². The Morgan fingerprint density at radius 3 is 1.44 bits per heavy atom. The average molecular weight is 138 g/mol. The molecule has 0 aliphatic rings. The maximum absolute atomic E-state index is 5.01. The molecule has 0 rings (SSSR count). The van der Waals surface area contributed by atoms with Gasteiger partial charge in [-0.05, 0) is 13.8 Å². The maximum atomic E-state index is 5.01. The smallest absolute Gasteiger partial charge is 0.0700 e. The fraction of sp³-hybridized carbons (Fsp3) is 1.00. The van der Waals surface area contributed by atoms with E-state index < -0.39 is 0 Å². The van der Waals surface area contributed by atoms with E-state index in [9.17, 15) is 0 Å². The molecule has 0 amide bonds. The highest BCUT2D eigenvalue weighted by Crippen LogP contribution is 1.75. The lowest BCUT2D eigenvalue weighted by Crippen LogP contribution is -2.02. The highest BCUT2D eigenvalue weighted by Gasteiger charge is 1.81. The van der Waals surface area contributed by atoms with E-state index in [0.29, 0.717) is 0 Å². The van der Waals surface area contributed by atoms with Crippen molar-refractivity contribution in [1.29, 1.82) is 0 Å². The number of hydrogen-bond donors (Lipinski definition) is 0. The molecule has 0 aliphatic heterocycles. The lowest BCUT2D eigenvalue weighted by Gasteiger charge is -1.99. The minimum Gasteiger partial charge on any atom is -0.379 e. The summed E-state index contributed by atoms with van der Waals surface area (Å²) < 4.78 is 10.0. The molecule has 0 radical (unpaired) electrons. The van der Waals surface area contributed by atoms with Crippen LogP contribution in [0.3, 0.4) is 0 Å². The van der Waals surface area contributed by atoms with Gasteiger partial charge in [0.1, 0.15) is 0 Å². The van der Waals surface area contributed by atoms with Crippen molar-refractivity contribution in [1.82, 2.24) is 0 Å². The highest BCUT2D eigenvalue weighted by molar-refractivity contribution is 4.24. The van der Waals surface area contributed by atoms with Crippen molar-refractivity contribution in [2.45, 2.75) is 13.8 Å². The Kier molecular flexibility index (Phi) is 13.9. The van der Waals surface area contributed by atoms with Gasteiger partial charge in [0.2, 0.25) is 0 Å². The molecule has 58 valence electrons. The molecule has 0 heterocycles. The monoisotopic (exact) mass is 138 g/mol. The fourth-order valence-corrected chi connectivity index (χ4v) is 0.407. The molecule has 3 heteroatoms. The third-order valence-electron chi connectivity index (χ3n) is 0.780. The van der Waals surface area contributed by atoms with Crippen molar-refractivity contribution >= 4 is 0 Å². The van der Waals surface area contributed by atoms with Crippen LogP contribution >= 0.6 is 0 Å². The molecule has 2 nitrogen and oxygen atoms in total. The Hall–Kier alpha value is -0.150. The van der Waals surface area contributed by atoms with Crippen LogP contribution in [0.2, 0.25) is 0 Å². The molecule has 0 aromatic rings. The van der Waals surface area contributed by atoms with Gasteiger partial charge in [0.15, 0.2) is 0 Å². The maximum Gasteiger partial charge on any atom is 0.0700 e. The Morgan fingerprint density at radius 2 is 1.22 bits per heavy atom. The van der Waals surface area contributed by atoms with Crippen LogP contribution in [0.15, 0.2) is 0 Å². The second-order valence-electron chi connectivity index (χ2n) is 1.39. The first-order chi connectivity index (χ1) is 3.91. The first-order valence-corrected chi connectivity index (χ1v) is 3.07. The lowest BCUT2D eigenvalue weighted by molar-refractivity contribution is 0.0584. The van der Waals surface area contributed by atoms with Gasteiger partial charge in [-0.2, -0.15) is 0 Å². The molecular weight excluding hydrogens is 123 g/mol. The first kappa shape index (κ1) is 11.6. The Labute approximate surface area is 55.5 Å². The molecule has 0 unspecified atom stereocenters. The second-order valence-corrected chi connectivity index (χ2v) is 1.39. The van der Waals surface area contributed by atoms with Crippen molar-refractivity contribution in [3.05, 3.63) is 0 Å². The normalized spacial score (nSPS) is 8.67. The summed E-state index contributed by atoms with van der Waals surface area (Å²) in [6.45, 7) is 6.98. The van der Waals surface area contributed by atoms with E-state index in [-0.39, 0.29) is 4.70 Å². The predicted octanol–water partition coefficient (Wildman–Crippen LogP) is 1.21. The van der Waals surface area contributed by atoms with E-state index in [1.165, 1.54) is 0 Å². The second kappa shape index (κ2) is 10.8. The van der Waals surface area contributed by atoms with Crippen LogP contribution in [0.1, 0.15) is 13.8 Å². The van der Waals surface area contributed by atoms with Gasteiger partial charge in [-0.25, -0.2) is 0 Å². The van der Waals surface area contributed by atoms with Crippen LogP contribution < -0.4 is 0 Å². The average Bonchev–Trinajstić information content (AvgIpc) is 1.81. The molecule has 0 N–H and O–H groups in total. The summed E-state index contributed by atoms with van der Waals surface area (Å²) in [5, 5.41) is 0. The zero-order valence-corrected chi connectivity index (χ0v) is 6.05.